The number of halogens is 1. The van der Waals surface area contributed by atoms with Gasteiger partial charge in [0.25, 0.3) is 0 Å². The van der Waals surface area contributed by atoms with Crippen molar-refractivity contribution in [3.63, 3.8) is 0 Å². The Labute approximate surface area is 108 Å². The summed E-state index contributed by atoms with van der Waals surface area (Å²) < 4.78 is 6.43. The number of nitrogens with zero attached hydrogens (tertiary/aromatic N) is 1. The molecule has 2 nitrogen and oxygen atoms in total. The standard InChI is InChI=1S/C12H12BrNOS/c13-11-4-1-5-12(10(11)7-14)16-8-9-3-2-6-15-9/h1,4-5,9H,2-3,6,8H2. The predicted octanol–water partition coefficient (Wildman–Crippen LogP) is 3.59. The number of thioether (sulfide) groups is 1. The first-order valence-electron chi connectivity index (χ1n) is 5.24. The van der Waals surface area contributed by atoms with Crippen LogP contribution in [0, 0.1) is 11.3 Å². The van der Waals surface area contributed by atoms with Crippen molar-refractivity contribution in [2.24, 2.45) is 0 Å². The quantitative estimate of drug-likeness (QED) is 0.799. The number of hydrogen-bond acceptors (Lipinski definition) is 3. The smallest absolute Gasteiger partial charge is 0.101 e. The maximum atomic E-state index is 9.07. The Hall–Kier alpha value is -0.500. The molecule has 0 aromatic heterocycles. The minimum atomic E-state index is 0.357. The second-order valence-electron chi connectivity index (χ2n) is 3.67. The number of nitriles is 1. The van der Waals surface area contributed by atoms with E-state index in [0.29, 0.717) is 6.10 Å². The van der Waals surface area contributed by atoms with E-state index < -0.39 is 0 Å². The third-order valence-electron chi connectivity index (χ3n) is 2.54. The van der Waals surface area contributed by atoms with Gasteiger partial charge in [0, 0.05) is 21.7 Å². The van der Waals surface area contributed by atoms with E-state index in [1.54, 1.807) is 11.8 Å². The van der Waals surface area contributed by atoms with Crippen LogP contribution in [0.1, 0.15) is 18.4 Å². The van der Waals surface area contributed by atoms with E-state index in [9.17, 15) is 0 Å². The van der Waals surface area contributed by atoms with Crippen LogP contribution in [0.2, 0.25) is 0 Å². The van der Waals surface area contributed by atoms with Gasteiger partial charge in [0.05, 0.1) is 11.7 Å². The molecule has 1 aromatic rings. The topological polar surface area (TPSA) is 33.0 Å². The Morgan fingerprint density at radius 1 is 1.56 bits per heavy atom. The summed E-state index contributed by atoms with van der Waals surface area (Å²) >= 11 is 5.10. The van der Waals surface area contributed by atoms with Crippen LogP contribution < -0.4 is 0 Å². The highest BCUT2D eigenvalue weighted by molar-refractivity contribution is 9.10. The molecule has 0 aliphatic carbocycles. The van der Waals surface area contributed by atoms with Crippen LogP contribution in [0.3, 0.4) is 0 Å². The number of hydrogen-bond donors (Lipinski definition) is 0. The molecule has 4 heteroatoms. The van der Waals surface area contributed by atoms with Crippen molar-refractivity contribution < 1.29 is 4.74 Å². The van der Waals surface area contributed by atoms with Crippen molar-refractivity contribution in [2.45, 2.75) is 23.8 Å². The lowest BCUT2D eigenvalue weighted by Crippen LogP contribution is -2.07. The van der Waals surface area contributed by atoms with E-state index in [1.807, 2.05) is 18.2 Å². The Morgan fingerprint density at radius 2 is 2.44 bits per heavy atom. The molecule has 1 unspecified atom stereocenters. The van der Waals surface area contributed by atoms with Crippen molar-refractivity contribution in [2.75, 3.05) is 12.4 Å². The lowest BCUT2D eigenvalue weighted by Gasteiger charge is -2.10. The van der Waals surface area contributed by atoms with Crippen LogP contribution in [0.5, 0.6) is 0 Å². The summed E-state index contributed by atoms with van der Waals surface area (Å²) in [6.45, 7) is 0.884. The van der Waals surface area contributed by atoms with Gasteiger partial charge >= 0.3 is 0 Å². The van der Waals surface area contributed by atoms with Gasteiger partial charge < -0.3 is 4.74 Å². The molecular formula is C12H12BrNOS. The summed E-state index contributed by atoms with van der Waals surface area (Å²) in [5.41, 5.74) is 0.727. The van der Waals surface area contributed by atoms with Crippen LogP contribution >= 0.6 is 27.7 Å². The Kier molecular flexibility index (Phi) is 4.28. The third kappa shape index (κ3) is 2.79. The van der Waals surface area contributed by atoms with E-state index >= 15 is 0 Å². The first-order chi connectivity index (χ1) is 7.81. The van der Waals surface area contributed by atoms with Crippen LogP contribution in [0.15, 0.2) is 27.6 Å². The van der Waals surface area contributed by atoms with Crippen molar-refractivity contribution in [3.05, 3.63) is 28.2 Å². The molecule has 1 aromatic carbocycles. The second kappa shape index (κ2) is 5.72. The predicted molar refractivity (Wildman–Crippen MR) is 68.6 cm³/mol. The maximum absolute atomic E-state index is 9.07. The molecule has 1 aliphatic rings. The van der Waals surface area contributed by atoms with Gasteiger partial charge in [0.1, 0.15) is 6.07 Å². The molecular weight excluding hydrogens is 286 g/mol. The van der Waals surface area contributed by atoms with Crippen LogP contribution in [0.4, 0.5) is 0 Å². The van der Waals surface area contributed by atoms with Gasteiger partial charge in [-0.05, 0) is 40.9 Å². The second-order valence-corrected chi connectivity index (χ2v) is 5.59. The summed E-state index contributed by atoms with van der Waals surface area (Å²) in [5, 5.41) is 9.07. The summed E-state index contributed by atoms with van der Waals surface area (Å²) in [4.78, 5) is 1.03. The molecule has 0 N–H and O–H groups in total. The molecule has 16 heavy (non-hydrogen) atoms. The minimum Gasteiger partial charge on any atom is -0.377 e. The van der Waals surface area contributed by atoms with E-state index in [2.05, 4.69) is 22.0 Å². The van der Waals surface area contributed by atoms with E-state index in [-0.39, 0.29) is 0 Å². The minimum absolute atomic E-state index is 0.357. The number of rotatable bonds is 3. The van der Waals surface area contributed by atoms with Gasteiger partial charge in [-0.25, -0.2) is 0 Å². The molecule has 1 atom stereocenters. The zero-order chi connectivity index (χ0) is 11.4. The fraction of sp³-hybridized carbons (Fsp3) is 0.417. The molecule has 1 saturated heterocycles. The van der Waals surface area contributed by atoms with Crippen LogP contribution in [-0.4, -0.2) is 18.5 Å². The highest BCUT2D eigenvalue weighted by Crippen LogP contribution is 2.30. The Bertz CT molecular complexity index is 410. The molecule has 0 saturated carbocycles. The van der Waals surface area contributed by atoms with Gasteiger partial charge in [0.2, 0.25) is 0 Å². The van der Waals surface area contributed by atoms with E-state index in [0.717, 1.165) is 40.1 Å². The summed E-state index contributed by atoms with van der Waals surface area (Å²) in [6, 6.07) is 8.08. The van der Waals surface area contributed by atoms with Gasteiger partial charge in [-0.3, -0.25) is 0 Å². The third-order valence-corrected chi connectivity index (χ3v) is 4.39. The molecule has 1 heterocycles. The zero-order valence-electron chi connectivity index (χ0n) is 8.78. The highest BCUT2D eigenvalue weighted by Gasteiger charge is 2.16. The fourth-order valence-electron chi connectivity index (χ4n) is 1.69. The average Bonchev–Trinajstić information content (AvgIpc) is 2.79. The number of benzene rings is 1. The summed E-state index contributed by atoms with van der Waals surface area (Å²) in [7, 11) is 0. The molecule has 1 fully saturated rings. The molecule has 0 amide bonds. The SMILES string of the molecule is N#Cc1c(Br)cccc1SCC1CCCO1. The highest BCUT2D eigenvalue weighted by atomic mass is 79.9. The fourth-order valence-corrected chi connectivity index (χ4v) is 3.38. The molecule has 0 radical (unpaired) electrons. The molecule has 84 valence electrons. The first-order valence-corrected chi connectivity index (χ1v) is 7.02. The molecule has 2 rings (SSSR count). The zero-order valence-corrected chi connectivity index (χ0v) is 11.2. The van der Waals surface area contributed by atoms with Crippen molar-refractivity contribution in [1.29, 1.82) is 5.26 Å². The van der Waals surface area contributed by atoms with Crippen LogP contribution in [-0.2, 0) is 4.74 Å². The first kappa shape index (κ1) is 12.0. The van der Waals surface area contributed by atoms with E-state index in [4.69, 9.17) is 10.00 Å². The lowest BCUT2D eigenvalue weighted by atomic mass is 10.2. The van der Waals surface area contributed by atoms with E-state index in [1.165, 1.54) is 0 Å². The Morgan fingerprint density at radius 3 is 3.12 bits per heavy atom. The monoisotopic (exact) mass is 297 g/mol. The molecule has 0 spiro atoms. The summed E-state index contributed by atoms with van der Waals surface area (Å²) in [6.07, 6.45) is 2.66. The van der Waals surface area contributed by atoms with Gasteiger partial charge in [-0.15, -0.1) is 11.8 Å². The molecule has 1 aliphatic heterocycles. The van der Waals surface area contributed by atoms with Crippen LogP contribution in [0.25, 0.3) is 0 Å². The normalized spacial score (nSPS) is 19.6. The molecule has 0 bridgehead atoms. The average molecular weight is 298 g/mol. The van der Waals surface area contributed by atoms with Crippen molar-refractivity contribution in [1.82, 2.24) is 0 Å². The largest absolute Gasteiger partial charge is 0.377 e. The van der Waals surface area contributed by atoms with Gasteiger partial charge in [0.15, 0.2) is 0 Å². The van der Waals surface area contributed by atoms with Gasteiger partial charge in [-0.2, -0.15) is 5.26 Å². The number of ether oxygens (including phenoxy) is 1. The van der Waals surface area contributed by atoms with Gasteiger partial charge in [-0.1, -0.05) is 6.07 Å². The summed E-state index contributed by atoms with van der Waals surface area (Å²) in [5.74, 6) is 0.936. The van der Waals surface area contributed by atoms with Crippen molar-refractivity contribution >= 4 is 27.7 Å². The maximum Gasteiger partial charge on any atom is 0.101 e. The lowest BCUT2D eigenvalue weighted by molar-refractivity contribution is 0.129. The van der Waals surface area contributed by atoms with Crippen molar-refractivity contribution in [3.8, 4) is 6.07 Å². The Balaban J connectivity index is 2.03.